The van der Waals surface area contributed by atoms with Crippen molar-refractivity contribution in [3.63, 3.8) is 0 Å². The Hall–Kier alpha value is -0.560. The van der Waals surface area contributed by atoms with Crippen LogP contribution >= 0.6 is 24.8 Å². The first-order valence-corrected chi connectivity index (χ1v) is 7.96. The van der Waals surface area contributed by atoms with Crippen molar-refractivity contribution in [1.82, 2.24) is 14.7 Å². The Morgan fingerprint density at radius 2 is 1.39 bits per heavy atom. The highest BCUT2D eigenvalue weighted by Crippen LogP contribution is 2.11. The largest absolute Gasteiger partial charge is 0.342 e. The molecule has 0 unspecified atom stereocenters. The van der Waals surface area contributed by atoms with Crippen LogP contribution in [0.3, 0.4) is 0 Å². The molecule has 0 aromatic heterocycles. The van der Waals surface area contributed by atoms with Crippen LogP contribution in [0, 0.1) is 0 Å². The molecule has 8 heteroatoms. The summed E-state index contributed by atoms with van der Waals surface area (Å²) in [6, 6.07) is 0. The van der Waals surface area contributed by atoms with Crippen molar-refractivity contribution in [3.05, 3.63) is 0 Å². The molecule has 0 aromatic carbocycles. The lowest BCUT2D eigenvalue weighted by atomic mass is 10.0. The summed E-state index contributed by atoms with van der Waals surface area (Å²) in [5.41, 5.74) is 5.04. The number of rotatable bonds is 3. The highest BCUT2D eigenvalue weighted by Gasteiger charge is 2.31. The van der Waals surface area contributed by atoms with Crippen LogP contribution in [0.4, 0.5) is 0 Å². The third kappa shape index (κ3) is 6.45. The van der Waals surface area contributed by atoms with Crippen molar-refractivity contribution in [1.29, 1.82) is 0 Å². The van der Waals surface area contributed by atoms with Crippen molar-refractivity contribution in [2.24, 2.45) is 5.73 Å². The lowest BCUT2D eigenvalue weighted by molar-refractivity contribution is -0.138. The van der Waals surface area contributed by atoms with Crippen LogP contribution in [-0.2, 0) is 9.59 Å². The number of nitrogens with zero attached hydrogens (tertiary/aromatic N) is 3. The molecule has 0 aromatic rings. The van der Waals surface area contributed by atoms with Crippen LogP contribution in [-0.4, -0.2) is 77.9 Å². The van der Waals surface area contributed by atoms with E-state index in [0.717, 1.165) is 39.0 Å². The van der Waals surface area contributed by atoms with E-state index in [9.17, 15) is 9.59 Å². The topological polar surface area (TPSA) is 69.9 Å². The molecule has 136 valence electrons. The monoisotopic (exact) mass is 368 g/mol. The fraction of sp³-hybridized carbons (Fsp3) is 0.867. The zero-order chi connectivity index (χ0) is 15.5. The van der Waals surface area contributed by atoms with Gasteiger partial charge in [0.2, 0.25) is 11.8 Å². The highest BCUT2D eigenvalue weighted by molar-refractivity contribution is 5.86. The van der Waals surface area contributed by atoms with Gasteiger partial charge in [-0.05, 0) is 33.1 Å². The van der Waals surface area contributed by atoms with Gasteiger partial charge in [-0.25, -0.2) is 0 Å². The molecule has 6 nitrogen and oxygen atoms in total. The van der Waals surface area contributed by atoms with E-state index >= 15 is 0 Å². The molecule has 0 bridgehead atoms. The number of carbonyl (C=O) groups excluding carboxylic acids is 2. The molecular weight excluding hydrogens is 339 g/mol. The Bertz CT molecular complexity index is 387. The zero-order valence-corrected chi connectivity index (χ0v) is 15.8. The summed E-state index contributed by atoms with van der Waals surface area (Å²) in [5, 5.41) is 0. The maximum absolute atomic E-state index is 12.2. The molecule has 23 heavy (non-hydrogen) atoms. The predicted octanol–water partition coefficient (Wildman–Crippen LogP) is 0.724. The maximum atomic E-state index is 12.2. The summed E-state index contributed by atoms with van der Waals surface area (Å²) >= 11 is 0. The Morgan fingerprint density at radius 1 is 0.870 bits per heavy atom. The number of likely N-dealkylation sites (tertiary alicyclic amines) is 1. The maximum Gasteiger partial charge on any atom is 0.242 e. The molecule has 2 N–H and O–H groups in total. The minimum Gasteiger partial charge on any atom is -0.342 e. The molecule has 0 saturated carbocycles. The summed E-state index contributed by atoms with van der Waals surface area (Å²) in [6.45, 7) is 8.58. The van der Waals surface area contributed by atoms with Crippen molar-refractivity contribution in [3.8, 4) is 0 Å². The quantitative estimate of drug-likeness (QED) is 0.796. The molecule has 0 aliphatic carbocycles. The Kier molecular flexibility index (Phi) is 9.43. The third-order valence-corrected chi connectivity index (χ3v) is 4.28. The Morgan fingerprint density at radius 3 is 1.87 bits per heavy atom. The number of piperidine rings is 1. The van der Waals surface area contributed by atoms with Gasteiger partial charge >= 0.3 is 0 Å². The van der Waals surface area contributed by atoms with Crippen LogP contribution in [0.15, 0.2) is 0 Å². The van der Waals surface area contributed by atoms with Gasteiger partial charge in [-0.15, -0.1) is 24.8 Å². The van der Waals surface area contributed by atoms with E-state index in [1.807, 2.05) is 9.80 Å². The summed E-state index contributed by atoms with van der Waals surface area (Å²) in [6.07, 6.45) is 3.48. The normalized spacial score (nSPS) is 19.6. The van der Waals surface area contributed by atoms with E-state index in [1.54, 1.807) is 13.8 Å². The lowest BCUT2D eigenvalue weighted by Gasteiger charge is -2.38. The van der Waals surface area contributed by atoms with Gasteiger partial charge in [0, 0.05) is 39.3 Å². The van der Waals surface area contributed by atoms with Gasteiger partial charge in [-0.2, -0.15) is 0 Å². The summed E-state index contributed by atoms with van der Waals surface area (Å²) in [4.78, 5) is 30.3. The fourth-order valence-electron chi connectivity index (χ4n) is 2.95. The highest BCUT2D eigenvalue weighted by atomic mass is 35.5. The molecule has 2 aliphatic heterocycles. The van der Waals surface area contributed by atoms with Gasteiger partial charge in [0.05, 0.1) is 12.1 Å². The smallest absolute Gasteiger partial charge is 0.242 e. The summed E-state index contributed by atoms with van der Waals surface area (Å²) in [5.74, 6) is 0.220. The van der Waals surface area contributed by atoms with Gasteiger partial charge in [0.15, 0.2) is 0 Å². The Labute approximate surface area is 151 Å². The number of piperazine rings is 1. The average Bonchev–Trinajstić information content (AvgIpc) is 2.47. The van der Waals surface area contributed by atoms with E-state index in [0.29, 0.717) is 19.6 Å². The minimum atomic E-state index is -0.814. The van der Waals surface area contributed by atoms with E-state index in [2.05, 4.69) is 4.90 Å². The van der Waals surface area contributed by atoms with Crippen molar-refractivity contribution >= 4 is 36.6 Å². The molecule has 2 rings (SSSR count). The standard InChI is InChI=1S/C15H28N4O2.2ClH/c1-15(2,16)14(21)19-10-8-17(9-11-19)12-13(20)18-6-4-3-5-7-18;;/h3-12,16H2,1-2H3;2*1H. The van der Waals surface area contributed by atoms with E-state index < -0.39 is 5.54 Å². The zero-order valence-electron chi connectivity index (χ0n) is 14.1. The van der Waals surface area contributed by atoms with Crippen molar-refractivity contribution in [2.45, 2.75) is 38.6 Å². The number of carbonyl (C=O) groups is 2. The number of amides is 2. The second-order valence-corrected chi connectivity index (χ2v) is 6.73. The second kappa shape index (κ2) is 9.67. The van der Waals surface area contributed by atoms with Crippen LogP contribution in [0.1, 0.15) is 33.1 Å². The predicted molar refractivity (Wildman–Crippen MR) is 96.2 cm³/mol. The van der Waals surface area contributed by atoms with Crippen LogP contribution in [0.2, 0.25) is 0 Å². The van der Waals surface area contributed by atoms with Crippen molar-refractivity contribution < 1.29 is 9.59 Å². The SMILES string of the molecule is CC(C)(N)C(=O)N1CCN(CC(=O)N2CCCCC2)CC1.Cl.Cl. The van der Waals surface area contributed by atoms with Gasteiger partial charge < -0.3 is 15.5 Å². The number of hydrogen-bond acceptors (Lipinski definition) is 4. The lowest BCUT2D eigenvalue weighted by Crippen LogP contribution is -2.58. The second-order valence-electron chi connectivity index (χ2n) is 6.73. The first kappa shape index (κ1) is 22.4. The first-order chi connectivity index (χ1) is 9.88. The molecule has 2 aliphatic rings. The molecular formula is C15H30Cl2N4O2. The van der Waals surface area contributed by atoms with Crippen LogP contribution in [0.25, 0.3) is 0 Å². The summed E-state index contributed by atoms with van der Waals surface area (Å²) < 4.78 is 0. The van der Waals surface area contributed by atoms with Crippen molar-refractivity contribution in [2.75, 3.05) is 45.8 Å². The third-order valence-electron chi connectivity index (χ3n) is 4.28. The number of hydrogen-bond donors (Lipinski definition) is 1. The first-order valence-electron chi connectivity index (χ1n) is 7.96. The molecule has 2 heterocycles. The number of halogens is 2. The fourth-order valence-corrected chi connectivity index (χ4v) is 2.95. The molecule has 2 amide bonds. The van der Waals surface area contributed by atoms with Gasteiger partial charge in [0.25, 0.3) is 0 Å². The van der Waals surface area contributed by atoms with Gasteiger partial charge in [-0.3, -0.25) is 14.5 Å². The minimum absolute atomic E-state index is 0. The molecule has 0 radical (unpaired) electrons. The molecule has 0 spiro atoms. The molecule has 2 saturated heterocycles. The van der Waals surface area contributed by atoms with Crippen LogP contribution in [0.5, 0.6) is 0 Å². The molecule has 0 atom stereocenters. The number of nitrogens with two attached hydrogens (primary N) is 1. The average molecular weight is 369 g/mol. The van der Waals surface area contributed by atoms with E-state index in [-0.39, 0.29) is 36.6 Å². The molecule has 2 fully saturated rings. The van der Waals surface area contributed by atoms with Gasteiger partial charge in [0.1, 0.15) is 0 Å². The summed E-state index contributed by atoms with van der Waals surface area (Å²) in [7, 11) is 0. The Balaban J connectivity index is 0.00000242. The van der Waals surface area contributed by atoms with E-state index in [4.69, 9.17) is 5.73 Å². The van der Waals surface area contributed by atoms with Gasteiger partial charge in [-0.1, -0.05) is 0 Å². The van der Waals surface area contributed by atoms with E-state index in [1.165, 1.54) is 6.42 Å². The van der Waals surface area contributed by atoms with Crippen LogP contribution < -0.4 is 5.73 Å².